The predicted octanol–water partition coefficient (Wildman–Crippen LogP) is 8.24. The molecular formula is C46H46Cl2N3O8+. The number of piperidine rings is 3. The van der Waals surface area contributed by atoms with Gasteiger partial charge in [-0.05, 0) is 90.5 Å². The molecule has 3 fully saturated rings. The SMILES string of the molecule is COc1ccc([C@H](Cc2c(Cl)c[n+](C)cc2Cl)OC(=O)c2ccc(COC(=O)c3cccc([C@@H](NC(=O)O[C@H]4CN5CCC4CC5)c4ccccc4)c3)cc2)cc1OC. The molecule has 13 heteroatoms. The Morgan fingerprint density at radius 1 is 0.780 bits per heavy atom. The first kappa shape index (κ1) is 41.5. The van der Waals surface area contributed by atoms with Gasteiger partial charge in [0.15, 0.2) is 23.9 Å². The lowest BCUT2D eigenvalue weighted by atomic mass is 9.86. The molecule has 11 nitrogen and oxygen atoms in total. The Morgan fingerprint density at radius 2 is 1.47 bits per heavy atom. The van der Waals surface area contributed by atoms with Crippen molar-refractivity contribution in [2.45, 2.75) is 44.1 Å². The first-order valence-electron chi connectivity index (χ1n) is 19.4. The van der Waals surface area contributed by atoms with Crippen LogP contribution in [-0.4, -0.2) is 62.9 Å². The maximum absolute atomic E-state index is 13.6. The second-order valence-corrected chi connectivity index (χ2v) is 15.6. The van der Waals surface area contributed by atoms with Gasteiger partial charge in [0.05, 0.1) is 31.4 Å². The lowest BCUT2D eigenvalue weighted by Gasteiger charge is -2.43. The van der Waals surface area contributed by atoms with Gasteiger partial charge >= 0.3 is 18.0 Å². The molecule has 0 saturated carbocycles. The van der Waals surface area contributed by atoms with Crippen LogP contribution in [0.2, 0.25) is 10.0 Å². The van der Waals surface area contributed by atoms with Crippen LogP contribution >= 0.6 is 23.2 Å². The summed E-state index contributed by atoms with van der Waals surface area (Å²) in [6.07, 6.45) is 4.31. The van der Waals surface area contributed by atoms with E-state index in [2.05, 4.69) is 10.2 Å². The fourth-order valence-electron chi connectivity index (χ4n) is 7.68. The monoisotopic (exact) mass is 838 g/mol. The number of carbonyl (C=O) groups is 3. The average Bonchev–Trinajstić information content (AvgIpc) is 3.26. The highest BCUT2D eigenvalue weighted by atomic mass is 35.5. The van der Waals surface area contributed by atoms with Crippen molar-refractivity contribution in [3.63, 3.8) is 0 Å². The van der Waals surface area contributed by atoms with Gasteiger partial charge in [0.1, 0.15) is 35.9 Å². The summed E-state index contributed by atoms with van der Waals surface area (Å²) in [6.45, 7) is 2.81. The molecule has 59 heavy (non-hydrogen) atoms. The molecule has 1 amide bonds. The van der Waals surface area contributed by atoms with E-state index < -0.39 is 30.2 Å². The molecule has 1 aromatic heterocycles. The summed E-state index contributed by atoms with van der Waals surface area (Å²) in [5.74, 6) is 0.258. The minimum Gasteiger partial charge on any atom is -0.493 e. The van der Waals surface area contributed by atoms with Crippen LogP contribution in [0, 0.1) is 5.92 Å². The maximum Gasteiger partial charge on any atom is 0.408 e. The molecule has 5 aromatic rings. The molecule has 8 rings (SSSR count). The fraction of sp³-hybridized carbons (Fsp3) is 0.304. The third-order valence-electron chi connectivity index (χ3n) is 10.9. The number of esters is 2. The van der Waals surface area contributed by atoms with E-state index in [1.165, 1.54) is 7.11 Å². The van der Waals surface area contributed by atoms with Crippen molar-refractivity contribution in [3.05, 3.63) is 158 Å². The molecule has 1 N–H and O–H groups in total. The number of pyridine rings is 1. The Bertz CT molecular complexity index is 2260. The second kappa shape index (κ2) is 19.0. The number of rotatable bonds is 14. The van der Waals surface area contributed by atoms with Crippen LogP contribution in [-0.2, 0) is 34.3 Å². The van der Waals surface area contributed by atoms with E-state index in [0.717, 1.165) is 38.0 Å². The van der Waals surface area contributed by atoms with E-state index in [-0.39, 0.29) is 19.1 Å². The number of aromatic nitrogens is 1. The summed E-state index contributed by atoms with van der Waals surface area (Å²) in [7, 11) is 4.89. The summed E-state index contributed by atoms with van der Waals surface area (Å²) < 4.78 is 30.4. The number of ether oxygens (including phenoxy) is 5. The third kappa shape index (κ3) is 10.2. The van der Waals surface area contributed by atoms with E-state index in [0.29, 0.717) is 60.8 Å². The lowest BCUT2D eigenvalue weighted by Crippen LogP contribution is -2.52. The number of aryl methyl sites for hydroxylation is 1. The van der Waals surface area contributed by atoms with Gasteiger partial charge in [-0.15, -0.1) is 0 Å². The van der Waals surface area contributed by atoms with E-state index in [4.69, 9.17) is 46.9 Å². The van der Waals surface area contributed by atoms with Crippen molar-refractivity contribution in [2.24, 2.45) is 13.0 Å². The van der Waals surface area contributed by atoms with Gasteiger partial charge in [0.25, 0.3) is 0 Å². The molecule has 0 radical (unpaired) electrons. The summed E-state index contributed by atoms with van der Waals surface area (Å²) in [5, 5.41) is 3.91. The normalized spacial score (nSPS) is 17.9. The maximum atomic E-state index is 13.6. The smallest absolute Gasteiger partial charge is 0.408 e. The van der Waals surface area contributed by atoms with Crippen molar-refractivity contribution < 1.29 is 42.6 Å². The van der Waals surface area contributed by atoms with E-state index in [9.17, 15) is 14.4 Å². The van der Waals surface area contributed by atoms with Crippen LogP contribution in [0.15, 0.2) is 109 Å². The predicted molar refractivity (Wildman–Crippen MR) is 222 cm³/mol. The standard InChI is InChI=1S/C46H45Cl2N3O8/c1-50-25-37(47)36(38(48)26-50)24-40(33-16-17-39(55-2)41(23-33)56-3)58-45(53)32-14-12-29(13-15-32)28-57-44(52)35-11-7-10-34(22-35)43(31-8-5-4-6-9-31)49-46(54)59-42-27-51-20-18-30(42)19-21-51/h4-17,22-23,25-26,30,40,42-43H,18-21,24,27-28H2,1-3H3/p+1/t40-,42-,43-/m0/s1. The van der Waals surface area contributed by atoms with Crippen molar-refractivity contribution in [1.29, 1.82) is 0 Å². The number of hydrogen-bond donors (Lipinski definition) is 1. The summed E-state index contributed by atoms with van der Waals surface area (Å²) in [5.41, 5.74) is 4.11. The number of carbonyl (C=O) groups excluding carboxylic acids is 3. The van der Waals surface area contributed by atoms with E-state index >= 15 is 0 Å². The number of nitrogens with zero attached hydrogens (tertiary/aromatic N) is 2. The highest BCUT2D eigenvalue weighted by molar-refractivity contribution is 6.35. The molecule has 2 bridgehead atoms. The van der Waals surface area contributed by atoms with Crippen molar-refractivity contribution in [2.75, 3.05) is 33.9 Å². The number of hydrogen-bond acceptors (Lipinski definition) is 9. The van der Waals surface area contributed by atoms with Gasteiger partial charge in [0.2, 0.25) is 0 Å². The van der Waals surface area contributed by atoms with Crippen LogP contribution in [0.4, 0.5) is 4.79 Å². The number of fused-ring (bicyclic) bond motifs is 3. The van der Waals surface area contributed by atoms with Crippen LogP contribution in [0.3, 0.4) is 0 Å². The molecule has 4 heterocycles. The van der Waals surface area contributed by atoms with Crippen LogP contribution < -0.4 is 19.4 Å². The number of halogens is 2. The first-order valence-corrected chi connectivity index (χ1v) is 20.2. The zero-order valence-electron chi connectivity index (χ0n) is 33.1. The van der Waals surface area contributed by atoms with Crippen molar-refractivity contribution in [3.8, 4) is 11.5 Å². The molecule has 4 aromatic carbocycles. The summed E-state index contributed by atoms with van der Waals surface area (Å²) >= 11 is 13.2. The summed E-state index contributed by atoms with van der Waals surface area (Å²) in [4.78, 5) is 42.6. The molecule has 3 saturated heterocycles. The first-order chi connectivity index (χ1) is 28.6. The zero-order valence-corrected chi connectivity index (χ0v) is 34.6. The minimum absolute atomic E-state index is 0.0403. The molecule has 3 atom stereocenters. The molecule has 0 spiro atoms. The second-order valence-electron chi connectivity index (χ2n) is 14.8. The lowest BCUT2D eigenvalue weighted by molar-refractivity contribution is -0.671. The minimum atomic E-state index is -0.783. The highest BCUT2D eigenvalue weighted by Crippen LogP contribution is 2.36. The largest absolute Gasteiger partial charge is 0.493 e. The van der Waals surface area contributed by atoms with Gasteiger partial charge in [0, 0.05) is 18.5 Å². The highest BCUT2D eigenvalue weighted by Gasteiger charge is 2.37. The van der Waals surface area contributed by atoms with Crippen LogP contribution in [0.5, 0.6) is 11.5 Å². The Labute approximate surface area is 353 Å². The zero-order chi connectivity index (χ0) is 41.5. The summed E-state index contributed by atoms with van der Waals surface area (Å²) in [6, 6.07) is 27.9. The van der Waals surface area contributed by atoms with E-state index in [1.807, 2.05) is 43.4 Å². The molecular weight excluding hydrogens is 793 g/mol. The van der Waals surface area contributed by atoms with Crippen molar-refractivity contribution >= 4 is 41.2 Å². The Kier molecular flexibility index (Phi) is 13.4. The van der Waals surface area contributed by atoms with Crippen LogP contribution in [0.25, 0.3) is 0 Å². The number of amides is 1. The number of nitrogens with one attached hydrogen (secondary N) is 1. The molecule has 3 aliphatic rings. The molecule has 0 unspecified atom stereocenters. The third-order valence-corrected chi connectivity index (χ3v) is 11.5. The molecule has 0 aliphatic carbocycles. The van der Waals surface area contributed by atoms with Crippen molar-refractivity contribution in [1.82, 2.24) is 10.2 Å². The number of alkyl carbamates (subject to hydrolysis) is 1. The molecule has 3 aliphatic heterocycles. The Balaban J connectivity index is 1.01. The topological polar surface area (TPSA) is 117 Å². The van der Waals surface area contributed by atoms with Gasteiger partial charge in [-0.3, -0.25) is 4.90 Å². The van der Waals surface area contributed by atoms with Gasteiger partial charge < -0.3 is 29.0 Å². The average molecular weight is 840 g/mol. The van der Waals surface area contributed by atoms with Gasteiger partial charge in [-0.2, -0.15) is 0 Å². The van der Waals surface area contributed by atoms with Gasteiger partial charge in [-0.1, -0.05) is 83.9 Å². The number of benzene rings is 4. The Hall–Kier alpha value is -5.62. The van der Waals surface area contributed by atoms with Gasteiger partial charge in [-0.25, -0.2) is 19.0 Å². The quantitative estimate of drug-likeness (QED) is 0.0671. The Morgan fingerprint density at radius 3 is 2.14 bits per heavy atom. The number of methoxy groups -OCH3 is 2. The fourth-order valence-corrected chi connectivity index (χ4v) is 8.39. The molecule has 306 valence electrons. The van der Waals surface area contributed by atoms with E-state index in [1.54, 1.807) is 84.7 Å². The van der Waals surface area contributed by atoms with Crippen LogP contribution in [0.1, 0.15) is 73.5 Å².